The highest BCUT2D eigenvalue weighted by atomic mass is 16.4. The quantitative estimate of drug-likeness (QED) is 0.872. The summed E-state index contributed by atoms with van der Waals surface area (Å²) in [6.45, 7) is 0.337. The van der Waals surface area contributed by atoms with Crippen molar-refractivity contribution in [3.05, 3.63) is 34.9 Å². The molecule has 0 spiro atoms. The van der Waals surface area contributed by atoms with Crippen LogP contribution < -0.4 is 0 Å². The van der Waals surface area contributed by atoms with Crippen molar-refractivity contribution in [3.63, 3.8) is 0 Å². The van der Waals surface area contributed by atoms with E-state index in [-0.39, 0.29) is 18.4 Å². The van der Waals surface area contributed by atoms with E-state index in [1.807, 2.05) is 6.07 Å². The van der Waals surface area contributed by atoms with Crippen molar-refractivity contribution in [2.45, 2.75) is 51.0 Å². The summed E-state index contributed by atoms with van der Waals surface area (Å²) in [7, 11) is 0. The van der Waals surface area contributed by atoms with Gasteiger partial charge in [0.05, 0.1) is 12.8 Å². The Bertz CT molecular complexity index is 563. The molecule has 1 N–H and O–H groups in total. The van der Waals surface area contributed by atoms with Gasteiger partial charge in [-0.1, -0.05) is 18.2 Å². The Morgan fingerprint density at radius 3 is 2.67 bits per heavy atom. The van der Waals surface area contributed by atoms with Crippen LogP contribution in [-0.2, 0) is 28.9 Å². The van der Waals surface area contributed by atoms with Gasteiger partial charge in [0.1, 0.15) is 0 Å². The third-order valence-corrected chi connectivity index (χ3v) is 4.39. The van der Waals surface area contributed by atoms with E-state index in [0.29, 0.717) is 13.0 Å². The number of carboxylic acids is 1. The maximum absolute atomic E-state index is 12.4. The second-order valence-corrected chi connectivity index (χ2v) is 6.10. The summed E-state index contributed by atoms with van der Waals surface area (Å²) in [5.41, 5.74) is 3.85. The fraction of sp³-hybridized carbons (Fsp3) is 0.529. The molecule has 4 heteroatoms. The van der Waals surface area contributed by atoms with Crippen molar-refractivity contribution in [2.24, 2.45) is 0 Å². The van der Waals surface area contributed by atoms with Crippen LogP contribution >= 0.6 is 0 Å². The van der Waals surface area contributed by atoms with Gasteiger partial charge in [-0.25, -0.2) is 0 Å². The molecular weight excluding hydrogens is 266 g/mol. The van der Waals surface area contributed by atoms with E-state index in [0.717, 1.165) is 31.2 Å². The molecule has 1 saturated carbocycles. The first kappa shape index (κ1) is 14.1. The Hall–Kier alpha value is -1.84. The summed E-state index contributed by atoms with van der Waals surface area (Å²) in [5, 5.41) is 8.80. The average molecular weight is 287 g/mol. The maximum atomic E-state index is 12.4. The van der Waals surface area contributed by atoms with Crippen LogP contribution in [0, 0.1) is 0 Å². The number of nitrogens with zero attached hydrogens (tertiary/aromatic N) is 1. The number of carboxylic acid groups (broad SMARTS) is 1. The van der Waals surface area contributed by atoms with Gasteiger partial charge in [0.2, 0.25) is 5.91 Å². The summed E-state index contributed by atoms with van der Waals surface area (Å²) in [4.78, 5) is 24.9. The zero-order chi connectivity index (χ0) is 14.8. The van der Waals surface area contributed by atoms with Gasteiger partial charge in [0.25, 0.3) is 0 Å². The van der Waals surface area contributed by atoms with Crippen LogP contribution in [0.3, 0.4) is 0 Å². The molecule has 1 amide bonds. The zero-order valence-electron chi connectivity index (χ0n) is 12.2. The van der Waals surface area contributed by atoms with Crippen molar-refractivity contribution in [2.75, 3.05) is 6.54 Å². The summed E-state index contributed by atoms with van der Waals surface area (Å²) < 4.78 is 0. The lowest BCUT2D eigenvalue weighted by Crippen LogP contribution is -2.36. The summed E-state index contributed by atoms with van der Waals surface area (Å²) in [5.74, 6) is -0.775. The smallest absolute Gasteiger partial charge is 0.305 e. The predicted molar refractivity (Wildman–Crippen MR) is 79.2 cm³/mol. The normalized spacial score (nSPS) is 16.6. The zero-order valence-corrected chi connectivity index (χ0v) is 12.2. The van der Waals surface area contributed by atoms with E-state index in [1.54, 1.807) is 4.90 Å². The SMILES string of the molecule is O=C(O)CCN(C(=O)Cc1ccc2c(c1)CCC2)C1CC1. The molecular formula is C17H21NO3. The number of benzene rings is 1. The number of hydrogen-bond donors (Lipinski definition) is 1. The van der Waals surface area contributed by atoms with Crippen molar-refractivity contribution in [1.82, 2.24) is 4.90 Å². The molecule has 4 nitrogen and oxygen atoms in total. The van der Waals surface area contributed by atoms with Gasteiger partial charge in [0.15, 0.2) is 0 Å². The van der Waals surface area contributed by atoms with Crippen LogP contribution in [0.25, 0.3) is 0 Å². The lowest BCUT2D eigenvalue weighted by Gasteiger charge is -2.21. The van der Waals surface area contributed by atoms with E-state index in [2.05, 4.69) is 12.1 Å². The second kappa shape index (κ2) is 5.88. The predicted octanol–water partition coefficient (Wildman–Crippen LogP) is 2.18. The van der Waals surface area contributed by atoms with E-state index >= 15 is 0 Å². The van der Waals surface area contributed by atoms with Crippen LogP contribution in [0.2, 0.25) is 0 Å². The van der Waals surface area contributed by atoms with Gasteiger partial charge < -0.3 is 10.0 Å². The third kappa shape index (κ3) is 3.43. The molecule has 1 aromatic carbocycles. The highest BCUT2D eigenvalue weighted by Gasteiger charge is 2.32. The summed E-state index contributed by atoms with van der Waals surface area (Å²) >= 11 is 0. The number of hydrogen-bond acceptors (Lipinski definition) is 2. The Morgan fingerprint density at radius 1 is 1.19 bits per heavy atom. The Balaban J connectivity index is 1.64. The molecule has 2 aliphatic carbocycles. The molecule has 1 aromatic rings. The molecule has 2 aliphatic rings. The van der Waals surface area contributed by atoms with E-state index in [1.165, 1.54) is 17.5 Å². The Labute approximate surface area is 124 Å². The van der Waals surface area contributed by atoms with Crippen LogP contribution in [0.5, 0.6) is 0 Å². The molecule has 0 unspecified atom stereocenters. The molecule has 0 atom stereocenters. The molecule has 3 rings (SSSR count). The summed E-state index contributed by atoms with van der Waals surface area (Å²) in [6.07, 6.45) is 5.92. The first-order chi connectivity index (χ1) is 10.1. The Kier molecular flexibility index (Phi) is 3.95. The number of rotatable bonds is 6. The van der Waals surface area contributed by atoms with Crippen molar-refractivity contribution >= 4 is 11.9 Å². The van der Waals surface area contributed by atoms with Gasteiger partial charge >= 0.3 is 5.97 Å². The van der Waals surface area contributed by atoms with Crippen molar-refractivity contribution in [3.8, 4) is 0 Å². The van der Waals surface area contributed by atoms with E-state index in [4.69, 9.17) is 5.11 Å². The number of aryl methyl sites for hydroxylation is 2. The minimum atomic E-state index is -0.842. The highest BCUT2D eigenvalue weighted by molar-refractivity contribution is 5.80. The van der Waals surface area contributed by atoms with Crippen LogP contribution in [0.1, 0.15) is 42.4 Å². The standard InChI is InChI=1S/C17H21NO3/c19-16(18(15-6-7-15)9-8-17(20)21)11-12-4-5-13-2-1-3-14(13)10-12/h4-5,10,15H,1-3,6-9,11H2,(H,20,21). The Morgan fingerprint density at radius 2 is 1.95 bits per heavy atom. The van der Waals surface area contributed by atoms with Crippen LogP contribution in [-0.4, -0.2) is 34.5 Å². The molecule has 0 saturated heterocycles. The number of carbonyl (C=O) groups excluding carboxylic acids is 1. The fourth-order valence-electron chi connectivity index (χ4n) is 3.12. The molecule has 0 aromatic heterocycles. The van der Waals surface area contributed by atoms with E-state index in [9.17, 15) is 9.59 Å². The minimum absolute atomic E-state index is 0.0342. The molecule has 112 valence electrons. The topological polar surface area (TPSA) is 57.6 Å². The van der Waals surface area contributed by atoms with Gasteiger partial charge in [-0.15, -0.1) is 0 Å². The van der Waals surface area contributed by atoms with Crippen LogP contribution in [0.4, 0.5) is 0 Å². The third-order valence-electron chi connectivity index (χ3n) is 4.39. The fourth-order valence-corrected chi connectivity index (χ4v) is 3.12. The first-order valence-electron chi connectivity index (χ1n) is 7.75. The molecule has 0 aliphatic heterocycles. The molecule has 1 fully saturated rings. The molecule has 21 heavy (non-hydrogen) atoms. The van der Waals surface area contributed by atoms with Gasteiger partial charge in [-0.3, -0.25) is 9.59 Å². The van der Waals surface area contributed by atoms with E-state index < -0.39 is 5.97 Å². The maximum Gasteiger partial charge on any atom is 0.305 e. The largest absolute Gasteiger partial charge is 0.481 e. The number of amides is 1. The highest BCUT2D eigenvalue weighted by Crippen LogP contribution is 2.28. The van der Waals surface area contributed by atoms with Gasteiger partial charge in [-0.05, 0) is 48.8 Å². The molecule has 0 heterocycles. The lowest BCUT2D eigenvalue weighted by molar-refractivity contribution is -0.138. The first-order valence-corrected chi connectivity index (χ1v) is 7.75. The lowest BCUT2D eigenvalue weighted by atomic mass is 10.0. The van der Waals surface area contributed by atoms with Crippen LogP contribution in [0.15, 0.2) is 18.2 Å². The average Bonchev–Trinajstić information content (AvgIpc) is 3.16. The molecule has 0 radical (unpaired) electrons. The number of aliphatic carboxylic acids is 1. The number of fused-ring (bicyclic) bond motifs is 1. The monoisotopic (exact) mass is 287 g/mol. The second-order valence-electron chi connectivity index (χ2n) is 6.10. The minimum Gasteiger partial charge on any atom is -0.481 e. The molecule has 0 bridgehead atoms. The van der Waals surface area contributed by atoms with Gasteiger partial charge in [0, 0.05) is 12.6 Å². The van der Waals surface area contributed by atoms with Gasteiger partial charge in [-0.2, -0.15) is 0 Å². The van der Waals surface area contributed by atoms with Crippen molar-refractivity contribution < 1.29 is 14.7 Å². The summed E-state index contributed by atoms with van der Waals surface area (Å²) in [6, 6.07) is 6.61. The van der Waals surface area contributed by atoms with Crippen molar-refractivity contribution in [1.29, 1.82) is 0 Å². The number of carbonyl (C=O) groups is 2.